The smallest absolute Gasteiger partial charge is 0.327 e. The molecule has 2 saturated carbocycles. The number of carbonyl (C=O) groups is 3. The lowest BCUT2D eigenvalue weighted by molar-refractivity contribution is -0.141. The number of carbonyl (C=O) groups excluding carboxylic acids is 3. The number of hydrogen-bond donors (Lipinski definition) is 3. The predicted octanol–water partition coefficient (Wildman–Crippen LogP) is 0.485. The van der Waals surface area contributed by atoms with Crippen molar-refractivity contribution in [1.82, 2.24) is 16.2 Å². The van der Waals surface area contributed by atoms with Gasteiger partial charge in [-0.05, 0) is 50.9 Å². The summed E-state index contributed by atoms with van der Waals surface area (Å²) < 4.78 is 0. The van der Waals surface area contributed by atoms with Gasteiger partial charge in [-0.2, -0.15) is 0 Å². The predicted molar refractivity (Wildman–Crippen MR) is 73.1 cm³/mol. The third-order valence-corrected chi connectivity index (χ3v) is 4.27. The second kappa shape index (κ2) is 6.24. The second-order valence-electron chi connectivity index (χ2n) is 6.27. The zero-order chi connectivity index (χ0) is 14.7. The van der Waals surface area contributed by atoms with Crippen LogP contribution in [0, 0.1) is 17.8 Å². The summed E-state index contributed by atoms with van der Waals surface area (Å²) in [4.78, 5) is 34.5. The Bertz CT molecular complexity index is 408. The molecule has 0 aromatic carbocycles. The minimum absolute atomic E-state index is 0.113. The maximum atomic E-state index is 11.8. The molecule has 3 amide bonds. The average molecular weight is 281 g/mol. The molecule has 2 fully saturated rings. The first-order valence-electron chi connectivity index (χ1n) is 7.35. The van der Waals surface area contributed by atoms with Crippen LogP contribution in [0.5, 0.6) is 0 Å². The van der Waals surface area contributed by atoms with E-state index in [1.807, 2.05) is 0 Å². The van der Waals surface area contributed by atoms with Gasteiger partial charge in [0.2, 0.25) is 5.91 Å². The first-order valence-corrected chi connectivity index (χ1v) is 7.35. The zero-order valence-electron chi connectivity index (χ0n) is 12.1. The molecule has 3 N–H and O–H groups in total. The fourth-order valence-electron chi connectivity index (χ4n) is 3.43. The van der Waals surface area contributed by atoms with E-state index in [1.165, 1.54) is 19.3 Å². The van der Waals surface area contributed by atoms with Gasteiger partial charge < -0.3 is 5.32 Å². The summed E-state index contributed by atoms with van der Waals surface area (Å²) in [6, 6.07) is -0.113. The number of hydrogen-bond acceptors (Lipinski definition) is 3. The molecular formula is C14H23N3O3. The second-order valence-corrected chi connectivity index (χ2v) is 6.27. The highest BCUT2D eigenvalue weighted by molar-refractivity contribution is 6.35. The van der Waals surface area contributed by atoms with E-state index >= 15 is 0 Å². The molecule has 0 unspecified atom stereocenters. The summed E-state index contributed by atoms with van der Waals surface area (Å²) in [5, 5.41) is 2.46. The molecule has 2 rings (SSSR count). The molecule has 0 radical (unpaired) electrons. The van der Waals surface area contributed by atoms with E-state index in [4.69, 9.17) is 0 Å². The molecule has 2 aliphatic rings. The minimum Gasteiger partial charge on any atom is -0.346 e. The summed E-state index contributed by atoms with van der Waals surface area (Å²) in [7, 11) is 0. The highest BCUT2D eigenvalue weighted by atomic mass is 16.2. The molecule has 0 aromatic rings. The number of amides is 3. The van der Waals surface area contributed by atoms with E-state index in [-0.39, 0.29) is 11.9 Å². The van der Waals surface area contributed by atoms with Crippen molar-refractivity contribution < 1.29 is 14.4 Å². The number of rotatable bonds is 3. The Hall–Kier alpha value is -1.59. The molecule has 0 saturated heterocycles. The van der Waals surface area contributed by atoms with Gasteiger partial charge in [-0.1, -0.05) is 6.42 Å². The summed E-state index contributed by atoms with van der Waals surface area (Å²) in [5.41, 5.74) is 4.48. The Balaban J connectivity index is 1.67. The number of nitrogens with one attached hydrogen (secondary N) is 3. The maximum Gasteiger partial charge on any atom is 0.327 e. The Morgan fingerprint density at radius 1 is 1.05 bits per heavy atom. The van der Waals surface area contributed by atoms with E-state index < -0.39 is 11.8 Å². The molecule has 2 bridgehead atoms. The quantitative estimate of drug-likeness (QED) is 0.519. The van der Waals surface area contributed by atoms with Crippen molar-refractivity contribution in [2.75, 3.05) is 0 Å². The van der Waals surface area contributed by atoms with Gasteiger partial charge in [0.05, 0.1) is 0 Å². The lowest BCUT2D eigenvalue weighted by atomic mass is 9.86. The normalized spacial score (nSPS) is 27.4. The van der Waals surface area contributed by atoms with Crippen LogP contribution in [0.1, 0.15) is 46.0 Å². The van der Waals surface area contributed by atoms with Crippen LogP contribution in [-0.4, -0.2) is 23.8 Å². The molecule has 0 aromatic heterocycles. The van der Waals surface area contributed by atoms with Crippen molar-refractivity contribution in [3.8, 4) is 0 Å². The molecule has 6 heteroatoms. The summed E-state index contributed by atoms with van der Waals surface area (Å²) in [6.45, 7) is 3.53. The van der Waals surface area contributed by atoms with Crippen LogP contribution in [0.3, 0.4) is 0 Å². The van der Waals surface area contributed by atoms with E-state index in [2.05, 4.69) is 16.2 Å². The van der Waals surface area contributed by atoms with Crippen molar-refractivity contribution >= 4 is 17.7 Å². The van der Waals surface area contributed by atoms with Crippen molar-refractivity contribution in [2.24, 2.45) is 17.8 Å². The average Bonchev–Trinajstić information content (AvgIpc) is 2.97. The van der Waals surface area contributed by atoms with Gasteiger partial charge in [-0.25, -0.2) is 0 Å². The van der Waals surface area contributed by atoms with Gasteiger partial charge in [0, 0.05) is 12.5 Å². The highest BCUT2D eigenvalue weighted by Crippen LogP contribution is 2.49. The Labute approximate surface area is 119 Å². The van der Waals surface area contributed by atoms with Crippen molar-refractivity contribution in [2.45, 2.75) is 52.0 Å². The highest BCUT2D eigenvalue weighted by Gasteiger charge is 2.40. The van der Waals surface area contributed by atoms with E-state index in [1.54, 1.807) is 13.8 Å². The standard InChI is InChI=1S/C14H23N3O3/c1-8(2)15-13(19)14(20)17-16-12(18)7-11-6-9-3-4-10(11)5-9/h8-11H,3-7H2,1-2H3,(H,15,19)(H,16,18)(H,17,20)/t9-,10+,11-/m1/s1. The van der Waals surface area contributed by atoms with Gasteiger partial charge in [0.15, 0.2) is 0 Å². The largest absolute Gasteiger partial charge is 0.346 e. The third kappa shape index (κ3) is 3.71. The molecule has 0 heterocycles. The molecule has 3 atom stereocenters. The molecule has 6 nitrogen and oxygen atoms in total. The van der Waals surface area contributed by atoms with Crippen LogP contribution >= 0.6 is 0 Å². The molecule has 0 spiro atoms. The van der Waals surface area contributed by atoms with Crippen LogP contribution in [0.4, 0.5) is 0 Å². The fourth-order valence-corrected chi connectivity index (χ4v) is 3.43. The first kappa shape index (κ1) is 14.8. The Morgan fingerprint density at radius 3 is 2.35 bits per heavy atom. The minimum atomic E-state index is -0.833. The van der Waals surface area contributed by atoms with Crippen molar-refractivity contribution in [3.05, 3.63) is 0 Å². The first-order chi connectivity index (χ1) is 9.45. The third-order valence-electron chi connectivity index (χ3n) is 4.27. The maximum absolute atomic E-state index is 11.8. The lowest BCUT2D eigenvalue weighted by Crippen LogP contribution is -2.50. The van der Waals surface area contributed by atoms with Gasteiger partial charge in [-0.3, -0.25) is 25.2 Å². The van der Waals surface area contributed by atoms with E-state index in [0.29, 0.717) is 18.3 Å². The summed E-state index contributed by atoms with van der Waals surface area (Å²) >= 11 is 0. The van der Waals surface area contributed by atoms with Gasteiger partial charge in [0.25, 0.3) is 0 Å². The van der Waals surface area contributed by atoms with E-state index in [0.717, 1.165) is 12.3 Å². The fraction of sp³-hybridized carbons (Fsp3) is 0.786. The zero-order valence-corrected chi connectivity index (χ0v) is 12.1. The molecule has 2 aliphatic carbocycles. The summed E-state index contributed by atoms with van der Waals surface area (Å²) in [5.74, 6) is 0.124. The van der Waals surface area contributed by atoms with Crippen molar-refractivity contribution in [1.29, 1.82) is 0 Å². The van der Waals surface area contributed by atoms with Crippen LogP contribution in [0.15, 0.2) is 0 Å². The van der Waals surface area contributed by atoms with Crippen molar-refractivity contribution in [3.63, 3.8) is 0 Å². The van der Waals surface area contributed by atoms with Crippen LogP contribution in [0.25, 0.3) is 0 Å². The molecule has 20 heavy (non-hydrogen) atoms. The molecular weight excluding hydrogens is 258 g/mol. The van der Waals surface area contributed by atoms with Crippen LogP contribution in [0.2, 0.25) is 0 Å². The Kier molecular flexibility index (Phi) is 4.62. The monoisotopic (exact) mass is 281 g/mol. The van der Waals surface area contributed by atoms with Gasteiger partial charge >= 0.3 is 11.8 Å². The summed E-state index contributed by atoms with van der Waals surface area (Å²) in [6.07, 6.45) is 5.34. The lowest BCUT2D eigenvalue weighted by Gasteiger charge is -2.20. The van der Waals surface area contributed by atoms with E-state index in [9.17, 15) is 14.4 Å². The number of fused-ring (bicyclic) bond motifs is 2. The van der Waals surface area contributed by atoms with Crippen LogP contribution < -0.4 is 16.2 Å². The molecule has 0 aliphatic heterocycles. The topological polar surface area (TPSA) is 87.3 Å². The SMILES string of the molecule is CC(C)NC(=O)C(=O)NNC(=O)C[C@H]1C[C@@H]2CC[C@H]1C2. The van der Waals surface area contributed by atoms with Gasteiger partial charge in [0.1, 0.15) is 0 Å². The molecule has 112 valence electrons. The van der Waals surface area contributed by atoms with Gasteiger partial charge in [-0.15, -0.1) is 0 Å². The van der Waals surface area contributed by atoms with Crippen LogP contribution in [-0.2, 0) is 14.4 Å². The Morgan fingerprint density at radius 2 is 1.80 bits per heavy atom. The number of hydrazine groups is 1.